The van der Waals surface area contributed by atoms with Crippen molar-refractivity contribution in [2.45, 2.75) is 6.92 Å². The molecule has 0 aromatic heterocycles. The lowest BCUT2D eigenvalue weighted by Crippen LogP contribution is -2.27. The van der Waals surface area contributed by atoms with Crippen LogP contribution in [0.5, 0.6) is 0 Å². The fraction of sp³-hybridized carbons (Fsp3) is 0.600. The standard InChI is InChI=1S/C10H14N2/c1-2-3-4-12-7-9-5-11-6-10(9)8-12/h11H,4-8H2,1H3. The molecule has 64 valence electrons. The Morgan fingerprint density at radius 3 is 2.58 bits per heavy atom. The molecule has 0 aromatic rings. The molecule has 2 heterocycles. The molecule has 0 saturated carbocycles. The first-order valence-electron chi connectivity index (χ1n) is 4.42. The third-order valence-corrected chi connectivity index (χ3v) is 2.49. The van der Waals surface area contributed by atoms with Crippen molar-refractivity contribution in [1.29, 1.82) is 0 Å². The summed E-state index contributed by atoms with van der Waals surface area (Å²) in [5.74, 6) is 6.04. The Kier molecular flexibility index (Phi) is 2.16. The largest absolute Gasteiger partial charge is 0.309 e. The lowest BCUT2D eigenvalue weighted by Gasteiger charge is -2.13. The van der Waals surface area contributed by atoms with Gasteiger partial charge in [-0.1, -0.05) is 5.92 Å². The maximum atomic E-state index is 3.36. The number of nitrogens with zero attached hydrogens (tertiary/aromatic N) is 1. The second-order valence-electron chi connectivity index (χ2n) is 3.38. The van der Waals surface area contributed by atoms with Crippen LogP contribution in [-0.4, -0.2) is 37.6 Å². The molecule has 0 spiro atoms. The van der Waals surface area contributed by atoms with E-state index in [1.54, 1.807) is 11.1 Å². The van der Waals surface area contributed by atoms with Crippen LogP contribution in [0.3, 0.4) is 0 Å². The van der Waals surface area contributed by atoms with E-state index in [-0.39, 0.29) is 0 Å². The van der Waals surface area contributed by atoms with Crippen molar-refractivity contribution in [2.75, 3.05) is 32.7 Å². The first-order chi connectivity index (χ1) is 5.90. The third-order valence-electron chi connectivity index (χ3n) is 2.49. The molecular formula is C10H14N2. The fourth-order valence-electron chi connectivity index (χ4n) is 1.85. The highest BCUT2D eigenvalue weighted by Crippen LogP contribution is 2.19. The van der Waals surface area contributed by atoms with Gasteiger partial charge < -0.3 is 5.32 Å². The van der Waals surface area contributed by atoms with E-state index < -0.39 is 0 Å². The van der Waals surface area contributed by atoms with Gasteiger partial charge in [-0.05, 0) is 18.1 Å². The van der Waals surface area contributed by atoms with E-state index in [9.17, 15) is 0 Å². The Labute approximate surface area is 73.6 Å². The van der Waals surface area contributed by atoms with E-state index >= 15 is 0 Å². The highest BCUT2D eigenvalue weighted by Gasteiger charge is 2.23. The van der Waals surface area contributed by atoms with Gasteiger partial charge in [-0.3, -0.25) is 4.90 Å². The van der Waals surface area contributed by atoms with E-state index in [0.29, 0.717) is 0 Å². The number of hydrogen-bond acceptors (Lipinski definition) is 2. The molecule has 12 heavy (non-hydrogen) atoms. The van der Waals surface area contributed by atoms with Crippen molar-refractivity contribution in [3.63, 3.8) is 0 Å². The molecule has 0 bridgehead atoms. The summed E-state index contributed by atoms with van der Waals surface area (Å²) in [7, 11) is 0. The molecule has 0 unspecified atom stereocenters. The molecule has 0 fully saturated rings. The molecule has 0 atom stereocenters. The maximum absolute atomic E-state index is 3.36. The van der Waals surface area contributed by atoms with Gasteiger partial charge in [-0.25, -0.2) is 0 Å². The number of nitrogens with one attached hydrogen (secondary N) is 1. The second-order valence-corrected chi connectivity index (χ2v) is 3.38. The normalized spacial score (nSPS) is 22.4. The van der Waals surface area contributed by atoms with Crippen molar-refractivity contribution in [3.05, 3.63) is 11.1 Å². The van der Waals surface area contributed by atoms with E-state index in [2.05, 4.69) is 22.1 Å². The summed E-state index contributed by atoms with van der Waals surface area (Å²) >= 11 is 0. The summed E-state index contributed by atoms with van der Waals surface area (Å²) < 4.78 is 0. The Morgan fingerprint density at radius 2 is 2.00 bits per heavy atom. The SMILES string of the molecule is CC#CCN1CC2=C(CNC2)C1. The Morgan fingerprint density at radius 1 is 1.33 bits per heavy atom. The summed E-state index contributed by atoms with van der Waals surface area (Å²) in [6, 6.07) is 0. The highest BCUT2D eigenvalue weighted by atomic mass is 15.2. The highest BCUT2D eigenvalue weighted by molar-refractivity contribution is 5.30. The van der Waals surface area contributed by atoms with Crippen LogP contribution in [-0.2, 0) is 0 Å². The van der Waals surface area contributed by atoms with Gasteiger partial charge in [0.1, 0.15) is 0 Å². The van der Waals surface area contributed by atoms with Gasteiger partial charge in [0.15, 0.2) is 0 Å². The van der Waals surface area contributed by atoms with Crippen molar-refractivity contribution < 1.29 is 0 Å². The smallest absolute Gasteiger partial charge is 0.0607 e. The predicted molar refractivity (Wildman–Crippen MR) is 49.8 cm³/mol. The Balaban J connectivity index is 1.89. The summed E-state index contributed by atoms with van der Waals surface area (Å²) in [5.41, 5.74) is 3.21. The van der Waals surface area contributed by atoms with Crippen LogP contribution in [0.2, 0.25) is 0 Å². The van der Waals surface area contributed by atoms with Gasteiger partial charge in [-0.2, -0.15) is 0 Å². The van der Waals surface area contributed by atoms with Gasteiger partial charge in [-0.15, -0.1) is 5.92 Å². The van der Waals surface area contributed by atoms with Crippen molar-refractivity contribution in [1.82, 2.24) is 10.2 Å². The van der Waals surface area contributed by atoms with Crippen molar-refractivity contribution in [3.8, 4) is 11.8 Å². The quantitative estimate of drug-likeness (QED) is 0.438. The molecular weight excluding hydrogens is 148 g/mol. The van der Waals surface area contributed by atoms with Crippen LogP contribution in [0.25, 0.3) is 0 Å². The van der Waals surface area contributed by atoms with E-state index in [0.717, 1.165) is 32.7 Å². The molecule has 2 nitrogen and oxygen atoms in total. The Bertz CT molecular complexity index is 251. The van der Waals surface area contributed by atoms with Gasteiger partial charge >= 0.3 is 0 Å². The minimum absolute atomic E-state index is 0.934. The molecule has 2 aliphatic rings. The zero-order valence-electron chi connectivity index (χ0n) is 7.48. The summed E-state index contributed by atoms with van der Waals surface area (Å²) in [6.45, 7) is 7.31. The monoisotopic (exact) mass is 162 g/mol. The molecule has 2 aliphatic heterocycles. The maximum Gasteiger partial charge on any atom is 0.0607 e. The molecule has 1 N–H and O–H groups in total. The molecule has 0 saturated heterocycles. The minimum Gasteiger partial charge on any atom is -0.309 e. The summed E-state index contributed by atoms with van der Waals surface area (Å²) in [4.78, 5) is 2.40. The zero-order chi connectivity index (χ0) is 8.39. The fourth-order valence-corrected chi connectivity index (χ4v) is 1.85. The molecule has 2 rings (SSSR count). The average Bonchev–Trinajstić information content (AvgIpc) is 2.58. The van der Waals surface area contributed by atoms with Crippen molar-refractivity contribution >= 4 is 0 Å². The Hall–Kier alpha value is -0.780. The topological polar surface area (TPSA) is 15.3 Å². The van der Waals surface area contributed by atoms with Gasteiger partial charge in [0.05, 0.1) is 6.54 Å². The van der Waals surface area contributed by atoms with Crippen LogP contribution in [0.4, 0.5) is 0 Å². The molecule has 0 radical (unpaired) electrons. The van der Waals surface area contributed by atoms with E-state index in [1.165, 1.54) is 0 Å². The second kappa shape index (κ2) is 3.30. The van der Waals surface area contributed by atoms with Gasteiger partial charge in [0.2, 0.25) is 0 Å². The molecule has 0 aromatic carbocycles. The van der Waals surface area contributed by atoms with Crippen LogP contribution in [0, 0.1) is 11.8 Å². The molecule has 0 amide bonds. The summed E-state index contributed by atoms with van der Waals surface area (Å²) in [6.07, 6.45) is 0. The van der Waals surface area contributed by atoms with E-state index in [4.69, 9.17) is 0 Å². The van der Waals surface area contributed by atoms with Crippen LogP contribution >= 0.6 is 0 Å². The first-order valence-corrected chi connectivity index (χ1v) is 4.42. The van der Waals surface area contributed by atoms with Gasteiger partial charge in [0, 0.05) is 26.2 Å². The molecule has 0 aliphatic carbocycles. The minimum atomic E-state index is 0.934. The van der Waals surface area contributed by atoms with Crippen LogP contribution in [0.15, 0.2) is 11.1 Å². The predicted octanol–water partition coefficient (Wildman–Crippen LogP) is 0.225. The van der Waals surface area contributed by atoms with Gasteiger partial charge in [0.25, 0.3) is 0 Å². The van der Waals surface area contributed by atoms with Crippen LogP contribution in [0.1, 0.15) is 6.92 Å². The third kappa shape index (κ3) is 1.38. The van der Waals surface area contributed by atoms with Crippen molar-refractivity contribution in [2.24, 2.45) is 0 Å². The lowest BCUT2D eigenvalue weighted by molar-refractivity contribution is 0.381. The number of rotatable bonds is 1. The average molecular weight is 162 g/mol. The zero-order valence-corrected chi connectivity index (χ0v) is 7.48. The van der Waals surface area contributed by atoms with E-state index in [1.807, 2.05) is 6.92 Å². The lowest BCUT2D eigenvalue weighted by atomic mass is 10.2. The van der Waals surface area contributed by atoms with Crippen LogP contribution < -0.4 is 5.32 Å². The molecule has 2 heteroatoms. The first kappa shape index (κ1) is 7.85. The summed E-state index contributed by atoms with van der Waals surface area (Å²) in [5, 5.41) is 3.36. The number of hydrogen-bond donors (Lipinski definition) is 1.